The molecule has 0 saturated heterocycles. The Morgan fingerprint density at radius 3 is 3.00 bits per heavy atom. The van der Waals surface area contributed by atoms with Crippen LogP contribution in [0.2, 0.25) is 0 Å². The highest BCUT2D eigenvalue weighted by atomic mass is 16.4. The lowest BCUT2D eigenvalue weighted by molar-refractivity contribution is 0.318. The summed E-state index contributed by atoms with van der Waals surface area (Å²) >= 11 is 0. The van der Waals surface area contributed by atoms with E-state index in [1.54, 1.807) is 18.5 Å². The van der Waals surface area contributed by atoms with Crippen molar-refractivity contribution in [1.82, 2.24) is 15.3 Å². The van der Waals surface area contributed by atoms with Gasteiger partial charge in [0, 0.05) is 31.2 Å². The van der Waals surface area contributed by atoms with Crippen molar-refractivity contribution in [2.75, 3.05) is 0 Å². The molecule has 0 fully saturated rings. The van der Waals surface area contributed by atoms with E-state index in [-0.39, 0.29) is 11.9 Å². The van der Waals surface area contributed by atoms with Gasteiger partial charge in [0.05, 0.1) is 0 Å². The molecule has 0 spiro atoms. The molecule has 6 heteroatoms. The Balaban J connectivity index is 2.01. The van der Waals surface area contributed by atoms with Crippen LogP contribution in [0, 0.1) is 0 Å². The van der Waals surface area contributed by atoms with Crippen molar-refractivity contribution in [2.45, 2.75) is 19.5 Å². The predicted octanol–water partition coefficient (Wildman–Crippen LogP) is 1.42. The van der Waals surface area contributed by atoms with E-state index in [2.05, 4.69) is 27.4 Å². The number of aromatic nitrogens is 2. The second-order valence-electron chi connectivity index (χ2n) is 4.42. The molecule has 104 valence electrons. The minimum absolute atomic E-state index is 0.00663. The van der Waals surface area contributed by atoms with Gasteiger partial charge < -0.3 is 16.3 Å². The third kappa shape index (κ3) is 3.52. The molecule has 1 unspecified atom stereocenters. The van der Waals surface area contributed by atoms with Gasteiger partial charge in [0.1, 0.15) is 5.69 Å². The standard InChI is InChI=1S/C14H17N5O/c1-10(12-3-2-5-16-9-12)18-8-11-4-6-17-13(7-11)14(15)19-20/h2-7,9-10,18,20H,8H2,1H3,(H2,15,19). The number of nitrogens with two attached hydrogens (primary N) is 1. The van der Waals surface area contributed by atoms with Gasteiger partial charge in [-0.05, 0) is 36.2 Å². The summed E-state index contributed by atoms with van der Waals surface area (Å²) in [6, 6.07) is 7.80. The molecule has 0 radical (unpaired) electrons. The van der Waals surface area contributed by atoms with E-state index in [0.29, 0.717) is 12.2 Å². The van der Waals surface area contributed by atoms with Gasteiger partial charge in [0.15, 0.2) is 5.84 Å². The molecule has 0 aliphatic rings. The third-order valence-electron chi connectivity index (χ3n) is 2.99. The Morgan fingerprint density at radius 1 is 1.45 bits per heavy atom. The summed E-state index contributed by atoms with van der Waals surface area (Å²) in [5, 5.41) is 15.0. The van der Waals surface area contributed by atoms with Gasteiger partial charge in [-0.3, -0.25) is 9.97 Å². The largest absolute Gasteiger partial charge is 0.409 e. The van der Waals surface area contributed by atoms with Gasteiger partial charge >= 0.3 is 0 Å². The summed E-state index contributed by atoms with van der Waals surface area (Å²) in [4.78, 5) is 8.14. The van der Waals surface area contributed by atoms with Gasteiger partial charge in [-0.15, -0.1) is 0 Å². The van der Waals surface area contributed by atoms with E-state index >= 15 is 0 Å². The average molecular weight is 271 g/mol. The molecular weight excluding hydrogens is 254 g/mol. The summed E-state index contributed by atoms with van der Waals surface area (Å²) in [5.74, 6) is 0.00663. The summed E-state index contributed by atoms with van der Waals surface area (Å²) in [6.07, 6.45) is 5.23. The average Bonchev–Trinajstić information content (AvgIpc) is 2.53. The van der Waals surface area contributed by atoms with Gasteiger partial charge in [0.2, 0.25) is 0 Å². The predicted molar refractivity (Wildman–Crippen MR) is 76.2 cm³/mol. The first-order valence-corrected chi connectivity index (χ1v) is 6.27. The van der Waals surface area contributed by atoms with Gasteiger partial charge in [-0.25, -0.2) is 0 Å². The smallest absolute Gasteiger partial charge is 0.188 e. The van der Waals surface area contributed by atoms with Gasteiger partial charge in [-0.1, -0.05) is 11.2 Å². The number of amidine groups is 1. The zero-order valence-corrected chi connectivity index (χ0v) is 11.2. The number of hydrogen-bond donors (Lipinski definition) is 3. The molecule has 0 bridgehead atoms. The quantitative estimate of drug-likeness (QED) is 0.331. The Kier molecular flexibility index (Phi) is 4.62. The van der Waals surface area contributed by atoms with E-state index in [9.17, 15) is 0 Å². The fraction of sp³-hybridized carbons (Fsp3) is 0.214. The van der Waals surface area contributed by atoms with E-state index in [1.165, 1.54) is 0 Å². The van der Waals surface area contributed by atoms with E-state index in [4.69, 9.17) is 10.9 Å². The lowest BCUT2D eigenvalue weighted by Gasteiger charge is -2.14. The molecular formula is C14H17N5O. The van der Waals surface area contributed by atoms with E-state index < -0.39 is 0 Å². The summed E-state index contributed by atoms with van der Waals surface area (Å²) in [5.41, 5.74) is 8.11. The Hall–Kier alpha value is -2.47. The number of rotatable bonds is 5. The highest BCUT2D eigenvalue weighted by molar-refractivity contribution is 5.95. The fourth-order valence-electron chi connectivity index (χ4n) is 1.80. The first-order chi connectivity index (χ1) is 9.70. The van der Waals surface area contributed by atoms with Crippen molar-refractivity contribution in [1.29, 1.82) is 0 Å². The van der Waals surface area contributed by atoms with Crippen LogP contribution in [0.25, 0.3) is 0 Å². The maximum absolute atomic E-state index is 8.65. The number of oxime groups is 1. The number of pyridine rings is 2. The Morgan fingerprint density at radius 2 is 2.30 bits per heavy atom. The fourth-order valence-corrected chi connectivity index (χ4v) is 1.80. The minimum Gasteiger partial charge on any atom is -0.409 e. The van der Waals surface area contributed by atoms with Crippen LogP contribution < -0.4 is 11.1 Å². The number of hydrogen-bond acceptors (Lipinski definition) is 5. The van der Waals surface area contributed by atoms with Crippen LogP contribution in [0.3, 0.4) is 0 Å². The van der Waals surface area contributed by atoms with Crippen LogP contribution in [-0.4, -0.2) is 21.0 Å². The molecule has 6 nitrogen and oxygen atoms in total. The molecule has 0 aromatic carbocycles. The molecule has 0 saturated carbocycles. The highest BCUT2D eigenvalue weighted by Gasteiger charge is 2.06. The van der Waals surface area contributed by atoms with E-state index in [1.807, 2.05) is 24.4 Å². The summed E-state index contributed by atoms with van der Waals surface area (Å²) in [6.45, 7) is 2.73. The topological polar surface area (TPSA) is 96.4 Å². The molecule has 0 aliphatic heterocycles. The van der Waals surface area contributed by atoms with Crippen molar-refractivity contribution in [3.63, 3.8) is 0 Å². The first kappa shape index (κ1) is 14.0. The molecule has 1 atom stereocenters. The van der Waals surface area contributed by atoms with Crippen LogP contribution >= 0.6 is 0 Å². The maximum atomic E-state index is 8.65. The van der Waals surface area contributed by atoms with Crippen LogP contribution in [-0.2, 0) is 6.54 Å². The van der Waals surface area contributed by atoms with Gasteiger partial charge in [0.25, 0.3) is 0 Å². The van der Waals surface area contributed by atoms with Crippen molar-refractivity contribution in [2.24, 2.45) is 10.9 Å². The molecule has 4 N–H and O–H groups in total. The highest BCUT2D eigenvalue weighted by Crippen LogP contribution is 2.11. The van der Waals surface area contributed by atoms with Crippen molar-refractivity contribution in [3.8, 4) is 0 Å². The normalized spacial score (nSPS) is 13.2. The Bertz CT molecular complexity index is 585. The number of nitrogens with one attached hydrogen (secondary N) is 1. The molecule has 2 aromatic heterocycles. The van der Waals surface area contributed by atoms with Crippen molar-refractivity contribution < 1.29 is 5.21 Å². The van der Waals surface area contributed by atoms with Crippen molar-refractivity contribution >= 4 is 5.84 Å². The van der Waals surface area contributed by atoms with Crippen molar-refractivity contribution in [3.05, 3.63) is 59.7 Å². The van der Waals surface area contributed by atoms with Crippen LogP contribution in [0.15, 0.2) is 48.0 Å². The second kappa shape index (κ2) is 6.63. The lowest BCUT2D eigenvalue weighted by Crippen LogP contribution is -2.19. The monoisotopic (exact) mass is 271 g/mol. The zero-order valence-electron chi connectivity index (χ0n) is 11.2. The van der Waals surface area contributed by atoms with E-state index in [0.717, 1.165) is 11.1 Å². The molecule has 0 aliphatic carbocycles. The molecule has 2 heterocycles. The van der Waals surface area contributed by atoms with Crippen LogP contribution in [0.5, 0.6) is 0 Å². The third-order valence-corrected chi connectivity index (χ3v) is 2.99. The first-order valence-electron chi connectivity index (χ1n) is 6.27. The number of nitrogens with zero attached hydrogens (tertiary/aromatic N) is 3. The second-order valence-corrected chi connectivity index (χ2v) is 4.42. The zero-order chi connectivity index (χ0) is 14.4. The Labute approximate surface area is 117 Å². The summed E-state index contributed by atoms with van der Waals surface area (Å²) < 4.78 is 0. The minimum atomic E-state index is 0.00663. The van der Waals surface area contributed by atoms with Gasteiger partial charge in [-0.2, -0.15) is 0 Å². The van der Waals surface area contributed by atoms with Crippen LogP contribution in [0.1, 0.15) is 29.8 Å². The maximum Gasteiger partial charge on any atom is 0.188 e. The molecule has 20 heavy (non-hydrogen) atoms. The molecule has 2 aromatic rings. The molecule has 2 rings (SSSR count). The summed E-state index contributed by atoms with van der Waals surface area (Å²) in [7, 11) is 0. The lowest BCUT2D eigenvalue weighted by atomic mass is 10.1. The molecule has 0 amide bonds. The van der Waals surface area contributed by atoms with Crippen LogP contribution in [0.4, 0.5) is 0 Å². The SMILES string of the molecule is CC(NCc1ccnc(C(N)=NO)c1)c1cccnc1.